The molecule has 1 aliphatic rings. The summed E-state index contributed by atoms with van der Waals surface area (Å²) in [6, 6.07) is 11.5. The van der Waals surface area contributed by atoms with Crippen LogP contribution in [0.25, 0.3) is 5.76 Å². The monoisotopic (exact) mass is 461 g/mol. The summed E-state index contributed by atoms with van der Waals surface area (Å²) in [5.74, 6) is -1.62. The van der Waals surface area contributed by atoms with Gasteiger partial charge in [0, 0.05) is 38.4 Å². The molecule has 2 aromatic carbocycles. The Balaban J connectivity index is 2.15. The molecule has 1 heterocycles. The average molecular weight is 462 g/mol. The van der Waals surface area contributed by atoms with E-state index in [1.807, 2.05) is 62.3 Å². The van der Waals surface area contributed by atoms with E-state index in [2.05, 4.69) is 0 Å². The summed E-state index contributed by atoms with van der Waals surface area (Å²) in [4.78, 5) is 31.3. The number of aliphatic hydroxyl groups is 1. The molecule has 1 N–H and O–H groups in total. The number of halogens is 2. The molecular weight excluding hydrogens is 437 g/mol. The summed E-state index contributed by atoms with van der Waals surface area (Å²) in [6.45, 7) is 0.919. The average Bonchev–Trinajstić information content (AvgIpc) is 2.98. The van der Waals surface area contributed by atoms with Crippen molar-refractivity contribution in [3.63, 3.8) is 0 Å². The molecule has 1 fully saturated rings. The van der Waals surface area contributed by atoms with E-state index in [9.17, 15) is 14.7 Å². The van der Waals surface area contributed by atoms with E-state index in [4.69, 9.17) is 23.2 Å². The van der Waals surface area contributed by atoms with E-state index in [0.29, 0.717) is 23.7 Å². The van der Waals surface area contributed by atoms with E-state index in [0.717, 1.165) is 11.3 Å². The molecular formula is C23H25Cl2N3O3. The van der Waals surface area contributed by atoms with Crippen molar-refractivity contribution in [2.24, 2.45) is 0 Å². The lowest BCUT2D eigenvalue weighted by Gasteiger charge is -2.27. The van der Waals surface area contributed by atoms with E-state index in [1.54, 1.807) is 12.1 Å². The SMILES string of the molecule is CN(C)CCN1C(=O)C(=O)/C(=C(\O)c2ccc(Cl)c(Cl)c2)C1c1ccc(N(C)C)cc1. The highest BCUT2D eigenvalue weighted by atomic mass is 35.5. The molecule has 31 heavy (non-hydrogen) atoms. The van der Waals surface area contributed by atoms with Gasteiger partial charge in [-0.2, -0.15) is 0 Å². The van der Waals surface area contributed by atoms with Gasteiger partial charge in [-0.1, -0.05) is 35.3 Å². The van der Waals surface area contributed by atoms with Crippen molar-refractivity contribution in [3.05, 3.63) is 69.2 Å². The Hall–Kier alpha value is -2.54. The number of aliphatic hydroxyl groups excluding tert-OH is 1. The Morgan fingerprint density at radius 2 is 1.65 bits per heavy atom. The van der Waals surface area contributed by atoms with Gasteiger partial charge in [-0.3, -0.25) is 9.59 Å². The molecule has 1 unspecified atom stereocenters. The number of rotatable bonds is 6. The van der Waals surface area contributed by atoms with Crippen LogP contribution in [0.4, 0.5) is 5.69 Å². The quantitative estimate of drug-likeness (QED) is 0.399. The highest BCUT2D eigenvalue weighted by Gasteiger charge is 2.45. The van der Waals surface area contributed by atoms with Crippen LogP contribution in [0.1, 0.15) is 17.2 Å². The standard InChI is InChI=1S/C23H25Cl2N3O3/c1-26(2)11-12-28-20(14-5-8-16(9-6-14)27(3)4)19(22(30)23(28)31)21(29)15-7-10-17(24)18(25)13-15/h5-10,13,20,29H,11-12H2,1-4H3/b21-19-. The Morgan fingerprint density at radius 3 is 2.19 bits per heavy atom. The molecule has 1 saturated heterocycles. The lowest BCUT2D eigenvalue weighted by Crippen LogP contribution is -2.35. The number of ketones is 1. The second-order valence-corrected chi connectivity index (χ2v) is 8.73. The van der Waals surface area contributed by atoms with Crippen molar-refractivity contribution in [2.45, 2.75) is 6.04 Å². The van der Waals surface area contributed by atoms with Crippen LogP contribution in [0, 0.1) is 0 Å². The van der Waals surface area contributed by atoms with Crippen LogP contribution >= 0.6 is 23.2 Å². The number of anilines is 1. The topological polar surface area (TPSA) is 64.1 Å². The predicted octanol–water partition coefficient (Wildman–Crippen LogP) is 4.04. The third kappa shape index (κ3) is 4.71. The Bertz CT molecular complexity index is 1030. The first-order chi connectivity index (χ1) is 14.6. The van der Waals surface area contributed by atoms with Crippen LogP contribution in [0.15, 0.2) is 48.0 Å². The fraction of sp³-hybridized carbons (Fsp3) is 0.304. The maximum atomic E-state index is 13.0. The van der Waals surface area contributed by atoms with Crippen molar-refractivity contribution in [2.75, 3.05) is 46.2 Å². The van der Waals surface area contributed by atoms with Gasteiger partial charge >= 0.3 is 0 Å². The van der Waals surface area contributed by atoms with Gasteiger partial charge in [0.1, 0.15) is 5.76 Å². The molecule has 164 valence electrons. The van der Waals surface area contributed by atoms with Crippen LogP contribution in [-0.2, 0) is 9.59 Å². The van der Waals surface area contributed by atoms with Crippen molar-refractivity contribution in [1.82, 2.24) is 9.80 Å². The largest absolute Gasteiger partial charge is 0.507 e. The van der Waals surface area contributed by atoms with E-state index >= 15 is 0 Å². The zero-order valence-corrected chi connectivity index (χ0v) is 19.4. The summed E-state index contributed by atoms with van der Waals surface area (Å²) in [7, 11) is 7.66. The lowest BCUT2D eigenvalue weighted by molar-refractivity contribution is -0.140. The molecule has 1 amide bonds. The van der Waals surface area contributed by atoms with Crippen molar-refractivity contribution >= 4 is 46.3 Å². The zero-order chi connectivity index (χ0) is 22.9. The van der Waals surface area contributed by atoms with Crippen LogP contribution in [0.5, 0.6) is 0 Å². The fourth-order valence-electron chi connectivity index (χ4n) is 3.52. The van der Waals surface area contributed by atoms with Crippen LogP contribution < -0.4 is 4.90 Å². The molecule has 1 aliphatic heterocycles. The number of likely N-dealkylation sites (tertiary alicyclic amines) is 1. The van der Waals surface area contributed by atoms with E-state index < -0.39 is 17.7 Å². The molecule has 0 aliphatic carbocycles. The molecule has 0 radical (unpaired) electrons. The summed E-state index contributed by atoms with van der Waals surface area (Å²) in [5, 5.41) is 11.6. The summed E-state index contributed by atoms with van der Waals surface area (Å²) in [6.07, 6.45) is 0. The van der Waals surface area contributed by atoms with Crippen LogP contribution in [0.3, 0.4) is 0 Å². The lowest BCUT2D eigenvalue weighted by atomic mass is 9.95. The predicted molar refractivity (Wildman–Crippen MR) is 125 cm³/mol. The Kier molecular flexibility index (Phi) is 6.94. The van der Waals surface area contributed by atoms with Gasteiger partial charge in [0.2, 0.25) is 0 Å². The maximum Gasteiger partial charge on any atom is 0.295 e. The molecule has 1 atom stereocenters. The Morgan fingerprint density at radius 1 is 1.00 bits per heavy atom. The fourth-order valence-corrected chi connectivity index (χ4v) is 3.82. The van der Waals surface area contributed by atoms with Gasteiger partial charge in [0.15, 0.2) is 0 Å². The second-order valence-electron chi connectivity index (χ2n) is 7.91. The number of amides is 1. The van der Waals surface area contributed by atoms with Crippen LogP contribution in [0.2, 0.25) is 10.0 Å². The van der Waals surface area contributed by atoms with Gasteiger partial charge in [-0.05, 0) is 50.0 Å². The minimum absolute atomic E-state index is 0.0414. The summed E-state index contributed by atoms with van der Waals surface area (Å²) < 4.78 is 0. The molecule has 0 spiro atoms. The molecule has 2 aromatic rings. The first-order valence-electron chi connectivity index (χ1n) is 9.77. The minimum Gasteiger partial charge on any atom is -0.507 e. The number of hydrogen-bond acceptors (Lipinski definition) is 5. The highest BCUT2D eigenvalue weighted by Crippen LogP contribution is 2.40. The van der Waals surface area contributed by atoms with Crippen LogP contribution in [-0.4, -0.2) is 67.9 Å². The van der Waals surface area contributed by atoms with Crippen molar-refractivity contribution in [1.29, 1.82) is 0 Å². The molecule has 3 rings (SSSR count). The third-order valence-electron chi connectivity index (χ3n) is 5.25. The molecule has 0 aromatic heterocycles. The number of carbonyl (C=O) groups excluding carboxylic acids is 2. The first-order valence-corrected chi connectivity index (χ1v) is 10.5. The number of hydrogen-bond donors (Lipinski definition) is 1. The number of Topliss-reactive ketones (excluding diaryl/α,β-unsaturated/α-hetero) is 1. The van der Waals surface area contributed by atoms with Gasteiger partial charge in [0.25, 0.3) is 11.7 Å². The second kappa shape index (κ2) is 9.30. The molecule has 6 nitrogen and oxygen atoms in total. The molecule has 0 bridgehead atoms. The van der Waals surface area contributed by atoms with Gasteiger partial charge in [0.05, 0.1) is 21.7 Å². The van der Waals surface area contributed by atoms with E-state index in [1.165, 1.54) is 11.0 Å². The minimum atomic E-state index is -0.719. The number of nitrogens with zero attached hydrogens (tertiary/aromatic N) is 3. The number of carbonyl (C=O) groups is 2. The molecule has 0 saturated carbocycles. The van der Waals surface area contributed by atoms with Gasteiger partial charge < -0.3 is 19.8 Å². The Labute approximate surface area is 192 Å². The van der Waals surface area contributed by atoms with Gasteiger partial charge in [-0.15, -0.1) is 0 Å². The molecule has 8 heteroatoms. The van der Waals surface area contributed by atoms with Crippen molar-refractivity contribution < 1.29 is 14.7 Å². The summed E-state index contributed by atoms with van der Waals surface area (Å²) >= 11 is 12.1. The smallest absolute Gasteiger partial charge is 0.295 e. The zero-order valence-electron chi connectivity index (χ0n) is 17.9. The van der Waals surface area contributed by atoms with Gasteiger partial charge in [-0.25, -0.2) is 0 Å². The third-order valence-corrected chi connectivity index (χ3v) is 5.99. The van der Waals surface area contributed by atoms with Crippen molar-refractivity contribution in [3.8, 4) is 0 Å². The maximum absolute atomic E-state index is 13.0. The number of likely N-dealkylation sites (N-methyl/N-ethyl adjacent to an activating group) is 1. The normalized spacial score (nSPS) is 18.2. The summed E-state index contributed by atoms with van der Waals surface area (Å²) in [5.41, 5.74) is 2.10. The van der Waals surface area contributed by atoms with E-state index in [-0.39, 0.29) is 16.4 Å². The first kappa shape index (κ1) is 23.1. The highest BCUT2D eigenvalue weighted by molar-refractivity contribution is 6.46. The number of benzene rings is 2.